The number of aryl methyl sites for hydroxylation is 2. The van der Waals surface area contributed by atoms with Gasteiger partial charge in [0.2, 0.25) is 5.91 Å². The van der Waals surface area contributed by atoms with Gasteiger partial charge >= 0.3 is 6.18 Å². The lowest BCUT2D eigenvalue weighted by Crippen LogP contribution is -2.44. The molecule has 3 N–H and O–H groups in total. The Labute approximate surface area is 213 Å². The Morgan fingerprint density at radius 2 is 1.82 bits per heavy atom. The first kappa shape index (κ1) is 25.8. The second kappa shape index (κ2) is 9.17. The third kappa shape index (κ3) is 4.41. The molecule has 0 spiro atoms. The van der Waals surface area contributed by atoms with Gasteiger partial charge in [-0.2, -0.15) is 18.3 Å². The highest BCUT2D eigenvalue weighted by Gasteiger charge is 2.43. The minimum atomic E-state index is -4.75. The number of amides is 2. The molecule has 2 aliphatic rings. The van der Waals surface area contributed by atoms with Gasteiger partial charge in [0.05, 0.1) is 35.1 Å². The maximum absolute atomic E-state index is 14.7. The van der Waals surface area contributed by atoms with Gasteiger partial charge in [-0.25, -0.2) is 18.3 Å². The summed E-state index contributed by atoms with van der Waals surface area (Å²) in [6, 6.07) is 1.23. The van der Waals surface area contributed by atoms with Gasteiger partial charge in [-0.05, 0) is 38.8 Å². The SMILES string of the molecule is Cc1nc(C)c(-c2cc(C(F)(F)F)c3c(N)ncnn23)cc1C(=O)N[C@@H]1CN(C(=O)C2CC(F)C2)C[C@@H]1F. The first-order valence-electron chi connectivity index (χ1n) is 11.9. The zero-order valence-corrected chi connectivity index (χ0v) is 20.4. The molecular formula is C24H24F5N7O2. The Balaban J connectivity index is 1.44. The van der Waals surface area contributed by atoms with Crippen molar-refractivity contribution in [2.24, 2.45) is 5.92 Å². The van der Waals surface area contributed by atoms with Crippen LogP contribution in [0, 0.1) is 19.8 Å². The molecule has 1 saturated heterocycles. The third-order valence-corrected chi connectivity index (χ3v) is 7.12. The summed E-state index contributed by atoms with van der Waals surface area (Å²) >= 11 is 0. The Kier molecular flexibility index (Phi) is 6.22. The van der Waals surface area contributed by atoms with E-state index < -0.39 is 47.5 Å². The number of fused-ring (bicyclic) bond motifs is 1. The summed E-state index contributed by atoms with van der Waals surface area (Å²) in [5.74, 6) is -1.88. The molecule has 1 saturated carbocycles. The van der Waals surface area contributed by atoms with E-state index in [1.165, 1.54) is 11.0 Å². The lowest BCUT2D eigenvalue weighted by molar-refractivity contribution is -0.139. The largest absolute Gasteiger partial charge is 0.418 e. The average Bonchev–Trinajstić information content (AvgIpc) is 3.38. The molecular weight excluding hydrogens is 513 g/mol. The van der Waals surface area contributed by atoms with E-state index in [0.29, 0.717) is 5.69 Å². The predicted octanol–water partition coefficient (Wildman–Crippen LogP) is 3.04. The van der Waals surface area contributed by atoms with E-state index >= 15 is 0 Å². The van der Waals surface area contributed by atoms with Crippen molar-refractivity contribution >= 4 is 23.1 Å². The van der Waals surface area contributed by atoms with E-state index in [1.807, 2.05) is 0 Å². The van der Waals surface area contributed by atoms with E-state index in [4.69, 9.17) is 5.73 Å². The molecule has 3 aromatic heterocycles. The Hall–Kier alpha value is -3.84. The molecule has 0 unspecified atom stereocenters. The van der Waals surface area contributed by atoms with Gasteiger partial charge in [-0.15, -0.1) is 0 Å². The fourth-order valence-electron chi connectivity index (χ4n) is 5.02. The van der Waals surface area contributed by atoms with Crippen LogP contribution < -0.4 is 11.1 Å². The second-order valence-corrected chi connectivity index (χ2v) is 9.71. The van der Waals surface area contributed by atoms with Crippen LogP contribution >= 0.6 is 0 Å². The van der Waals surface area contributed by atoms with Crippen LogP contribution in [0.3, 0.4) is 0 Å². The molecule has 202 valence electrons. The molecule has 0 aromatic carbocycles. The summed E-state index contributed by atoms with van der Waals surface area (Å²) in [4.78, 5) is 34.9. The normalized spacial score (nSPS) is 23.5. The number of nitrogens with zero attached hydrogens (tertiary/aromatic N) is 5. The van der Waals surface area contributed by atoms with Crippen molar-refractivity contribution in [1.29, 1.82) is 0 Å². The quantitative estimate of drug-likeness (QED) is 0.494. The van der Waals surface area contributed by atoms with Gasteiger partial charge in [0.1, 0.15) is 24.2 Å². The highest BCUT2D eigenvalue weighted by Crippen LogP contribution is 2.39. The molecule has 0 bridgehead atoms. The second-order valence-electron chi connectivity index (χ2n) is 9.71. The average molecular weight is 537 g/mol. The van der Waals surface area contributed by atoms with E-state index in [9.17, 15) is 31.5 Å². The van der Waals surface area contributed by atoms with Crippen LogP contribution in [-0.2, 0) is 11.0 Å². The zero-order valence-electron chi connectivity index (χ0n) is 20.4. The molecule has 1 aliphatic carbocycles. The van der Waals surface area contributed by atoms with Crippen LogP contribution in [0.5, 0.6) is 0 Å². The number of carbonyl (C=O) groups is 2. The number of nitrogens with two attached hydrogens (primary N) is 1. The number of alkyl halides is 5. The summed E-state index contributed by atoms with van der Waals surface area (Å²) in [7, 11) is 0. The first-order chi connectivity index (χ1) is 17.8. The van der Waals surface area contributed by atoms with Gasteiger partial charge in [-0.3, -0.25) is 14.6 Å². The fourth-order valence-corrected chi connectivity index (χ4v) is 5.02. The van der Waals surface area contributed by atoms with Crippen LogP contribution in [0.4, 0.5) is 27.8 Å². The van der Waals surface area contributed by atoms with Gasteiger partial charge in [0.25, 0.3) is 5.91 Å². The van der Waals surface area contributed by atoms with Crippen LogP contribution in [0.2, 0.25) is 0 Å². The van der Waals surface area contributed by atoms with E-state index in [-0.39, 0.29) is 60.2 Å². The summed E-state index contributed by atoms with van der Waals surface area (Å²) in [5.41, 5.74) is 5.07. The van der Waals surface area contributed by atoms with Crippen LogP contribution in [0.15, 0.2) is 18.5 Å². The molecule has 3 aromatic rings. The number of rotatable bonds is 4. The third-order valence-electron chi connectivity index (χ3n) is 7.12. The van der Waals surface area contributed by atoms with Crippen molar-refractivity contribution in [3.8, 4) is 11.3 Å². The van der Waals surface area contributed by atoms with Crippen molar-refractivity contribution in [2.45, 2.75) is 51.3 Å². The number of likely N-dealkylation sites (tertiary alicyclic amines) is 1. The number of halogens is 5. The monoisotopic (exact) mass is 537 g/mol. The highest BCUT2D eigenvalue weighted by atomic mass is 19.4. The number of hydrogen-bond donors (Lipinski definition) is 2. The molecule has 5 rings (SSSR count). The Bertz CT molecular complexity index is 1430. The maximum atomic E-state index is 14.7. The summed E-state index contributed by atoms with van der Waals surface area (Å²) < 4.78 is 70.1. The van der Waals surface area contributed by atoms with Crippen molar-refractivity contribution < 1.29 is 31.5 Å². The van der Waals surface area contributed by atoms with Crippen molar-refractivity contribution in [2.75, 3.05) is 18.8 Å². The predicted molar refractivity (Wildman–Crippen MR) is 125 cm³/mol. The summed E-state index contributed by atoms with van der Waals surface area (Å²) in [6.07, 6.45) is -6.07. The number of nitrogen functional groups attached to an aromatic ring is 1. The van der Waals surface area contributed by atoms with Gasteiger partial charge in [-0.1, -0.05) is 0 Å². The standard InChI is InChI=1S/C24H24F5N7O2/c1-10-14(19-6-16(24(27,28)29)20-21(30)31-9-32-36(19)20)5-15(11(2)33-10)22(37)34-18-8-35(7-17(18)26)23(38)12-3-13(25)4-12/h5-6,9,12-13,17-18H,3-4,7-8H2,1-2H3,(H,34,37)(H2,30,31,32)/t12?,13?,17-,18+/m0/s1. The number of nitrogens with one attached hydrogen (secondary N) is 1. The first-order valence-corrected chi connectivity index (χ1v) is 11.9. The smallest absolute Gasteiger partial charge is 0.382 e. The Morgan fingerprint density at radius 1 is 1.11 bits per heavy atom. The summed E-state index contributed by atoms with van der Waals surface area (Å²) in [6.45, 7) is 2.83. The molecule has 0 radical (unpaired) electrons. The number of pyridine rings is 1. The molecule has 1 aliphatic heterocycles. The van der Waals surface area contributed by atoms with Gasteiger partial charge < -0.3 is 16.0 Å². The fraction of sp³-hybridized carbons (Fsp3) is 0.458. The van der Waals surface area contributed by atoms with Crippen molar-refractivity contribution in [3.05, 3.63) is 41.0 Å². The van der Waals surface area contributed by atoms with E-state index in [0.717, 1.165) is 16.9 Å². The van der Waals surface area contributed by atoms with E-state index in [2.05, 4.69) is 20.4 Å². The molecule has 4 heterocycles. The van der Waals surface area contributed by atoms with Gasteiger partial charge in [0, 0.05) is 23.7 Å². The molecule has 38 heavy (non-hydrogen) atoms. The minimum absolute atomic E-state index is 0.00635. The maximum Gasteiger partial charge on any atom is 0.418 e. The minimum Gasteiger partial charge on any atom is -0.382 e. The molecule has 2 amide bonds. The van der Waals surface area contributed by atoms with Crippen molar-refractivity contribution in [1.82, 2.24) is 29.8 Å². The van der Waals surface area contributed by atoms with Gasteiger partial charge in [0.15, 0.2) is 5.82 Å². The van der Waals surface area contributed by atoms with Crippen LogP contribution in [-0.4, -0.2) is 67.8 Å². The number of hydrogen-bond acceptors (Lipinski definition) is 6. The lowest BCUT2D eigenvalue weighted by atomic mass is 9.82. The number of carbonyl (C=O) groups excluding carboxylic acids is 2. The molecule has 2 fully saturated rings. The zero-order chi connectivity index (χ0) is 27.5. The molecule has 9 nitrogen and oxygen atoms in total. The molecule has 2 atom stereocenters. The van der Waals surface area contributed by atoms with Crippen LogP contribution in [0.25, 0.3) is 16.8 Å². The molecule has 14 heteroatoms. The topological polar surface area (TPSA) is 119 Å². The van der Waals surface area contributed by atoms with Crippen molar-refractivity contribution in [3.63, 3.8) is 0 Å². The number of anilines is 1. The number of aromatic nitrogens is 4. The lowest BCUT2D eigenvalue weighted by Gasteiger charge is -2.31. The highest BCUT2D eigenvalue weighted by molar-refractivity contribution is 5.97. The Morgan fingerprint density at radius 3 is 2.47 bits per heavy atom. The summed E-state index contributed by atoms with van der Waals surface area (Å²) in [5, 5.41) is 6.50. The van der Waals surface area contributed by atoms with Crippen LogP contribution in [0.1, 0.15) is 40.2 Å². The van der Waals surface area contributed by atoms with E-state index in [1.54, 1.807) is 13.8 Å².